The summed E-state index contributed by atoms with van der Waals surface area (Å²) in [4.78, 5) is 2.66. The lowest BCUT2D eigenvalue weighted by Gasteiger charge is -2.27. The minimum Gasteiger partial charge on any atom is -0.301 e. The highest BCUT2D eigenvalue weighted by atomic mass is 15.1. The molecule has 1 heterocycles. The summed E-state index contributed by atoms with van der Waals surface area (Å²) in [5.74, 6) is 2.79. The van der Waals surface area contributed by atoms with E-state index in [9.17, 15) is 0 Å². The van der Waals surface area contributed by atoms with Gasteiger partial charge in [0.25, 0.3) is 0 Å². The Hall–Kier alpha value is -0.0400. The van der Waals surface area contributed by atoms with Crippen molar-refractivity contribution < 1.29 is 0 Å². The lowest BCUT2D eigenvalue weighted by atomic mass is 9.79. The fourth-order valence-electron chi connectivity index (χ4n) is 3.11. The van der Waals surface area contributed by atoms with Gasteiger partial charge in [-0.25, -0.2) is 0 Å². The molecule has 2 unspecified atom stereocenters. The van der Waals surface area contributed by atoms with E-state index in [4.69, 9.17) is 0 Å². The lowest BCUT2D eigenvalue weighted by Crippen LogP contribution is -2.31. The van der Waals surface area contributed by atoms with E-state index in [-0.39, 0.29) is 0 Å². The second kappa shape index (κ2) is 5.89. The molecule has 0 N–H and O–H groups in total. The summed E-state index contributed by atoms with van der Waals surface area (Å²) < 4.78 is 0. The summed E-state index contributed by atoms with van der Waals surface area (Å²) in [6, 6.07) is 0.730. The predicted octanol–water partition coefficient (Wildman–Crippen LogP) is 3.79. The first-order chi connectivity index (χ1) is 7.06. The molecule has 0 aromatic rings. The van der Waals surface area contributed by atoms with Gasteiger partial charge < -0.3 is 4.90 Å². The van der Waals surface area contributed by atoms with Crippen LogP contribution in [0.1, 0.15) is 53.9 Å². The van der Waals surface area contributed by atoms with Crippen molar-refractivity contribution in [3.63, 3.8) is 0 Å². The van der Waals surface area contributed by atoms with Gasteiger partial charge in [-0.3, -0.25) is 0 Å². The molecule has 0 amide bonds. The third kappa shape index (κ3) is 3.48. The van der Waals surface area contributed by atoms with Gasteiger partial charge in [-0.05, 0) is 57.5 Å². The van der Waals surface area contributed by atoms with Crippen LogP contribution in [0.15, 0.2) is 0 Å². The van der Waals surface area contributed by atoms with Crippen LogP contribution in [0.5, 0.6) is 0 Å². The zero-order chi connectivity index (χ0) is 11.4. The average molecular weight is 211 g/mol. The summed E-state index contributed by atoms with van der Waals surface area (Å²) >= 11 is 0. The second-order valence-electron chi connectivity index (χ2n) is 5.78. The van der Waals surface area contributed by atoms with Crippen molar-refractivity contribution in [1.82, 2.24) is 4.90 Å². The Morgan fingerprint density at radius 2 is 1.67 bits per heavy atom. The number of likely N-dealkylation sites (tertiary alicyclic amines) is 1. The minimum absolute atomic E-state index is 0.730. The fraction of sp³-hybridized carbons (Fsp3) is 1.00. The first-order valence-corrected chi connectivity index (χ1v) is 6.80. The summed E-state index contributed by atoms with van der Waals surface area (Å²) in [7, 11) is 0. The highest BCUT2D eigenvalue weighted by Gasteiger charge is 2.27. The SMILES string of the molecule is CCC1CCN(C(C)C)CCC1C(C)C. The first-order valence-electron chi connectivity index (χ1n) is 6.80. The molecule has 2 atom stereocenters. The standard InChI is InChI=1S/C14H29N/c1-6-13-7-9-15(12(4)5)10-8-14(13)11(2)3/h11-14H,6-10H2,1-5H3. The molecule has 1 heteroatoms. The van der Waals surface area contributed by atoms with Crippen LogP contribution in [-0.2, 0) is 0 Å². The van der Waals surface area contributed by atoms with Gasteiger partial charge in [0.1, 0.15) is 0 Å². The van der Waals surface area contributed by atoms with E-state index in [1.54, 1.807) is 0 Å². The summed E-state index contributed by atoms with van der Waals surface area (Å²) in [6.07, 6.45) is 4.20. The molecule has 0 aliphatic carbocycles. The van der Waals surface area contributed by atoms with Crippen molar-refractivity contribution in [2.75, 3.05) is 13.1 Å². The molecule has 0 aromatic carbocycles. The molecular weight excluding hydrogens is 182 g/mol. The van der Waals surface area contributed by atoms with E-state index in [2.05, 4.69) is 39.5 Å². The smallest absolute Gasteiger partial charge is 0.00385 e. The molecule has 0 bridgehead atoms. The highest BCUT2D eigenvalue weighted by Crippen LogP contribution is 2.32. The number of rotatable bonds is 3. The maximum absolute atomic E-state index is 2.66. The van der Waals surface area contributed by atoms with E-state index < -0.39 is 0 Å². The lowest BCUT2D eigenvalue weighted by molar-refractivity contribution is 0.222. The van der Waals surface area contributed by atoms with Crippen LogP contribution in [0.2, 0.25) is 0 Å². The molecule has 0 radical (unpaired) electrons. The van der Waals surface area contributed by atoms with Gasteiger partial charge in [-0.15, -0.1) is 0 Å². The maximum Gasteiger partial charge on any atom is 0.00385 e. The summed E-state index contributed by atoms with van der Waals surface area (Å²) in [6.45, 7) is 14.5. The molecule has 15 heavy (non-hydrogen) atoms. The van der Waals surface area contributed by atoms with E-state index in [0.29, 0.717) is 0 Å². The normalized spacial score (nSPS) is 29.8. The van der Waals surface area contributed by atoms with Crippen molar-refractivity contribution in [3.05, 3.63) is 0 Å². The molecule has 1 saturated heterocycles. The van der Waals surface area contributed by atoms with E-state index in [1.807, 2.05) is 0 Å². The number of hydrogen-bond acceptors (Lipinski definition) is 1. The third-order valence-corrected chi connectivity index (χ3v) is 4.25. The van der Waals surface area contributed by atoms with Crippen LogP contribution < -0.4 is 0 Å². The topological polar surface area (TPSA) is 3.24 Å². The maximum atomic E-state index is 2.66. The highest BCUT2D eigenvalue weighted by molar-refractivity contribution is 4.79. The third-order valence-electron chi connectivity index (χ3n) is 4.25. The summed E-state index contributed by atoms with van der Waals surface area (Å²) in [5, 5.41) is 0. The van der Waals surface area contributed by atoms with Crippen molar-refractivity contribution in [1.29, 1.82) is 0 Å². The van der Waals surface area contributed by atoms with Crippen molar-refractivity contribution in [2.24, 2.45) is 17.8 Å². The van der Waals surface area contributed by atoms with Gasteiger partial charge >= 0.3 is 0 Å². The van der Waals surface area contributed by atoms with E-state index >= 15 is 0 Å². The zero-order valence-corrected chi connectivity index (χ0v) is 11.3. The number of nitrogens with zero attached hydrogens (tertiary/aromatic N) is 1. The van der Waals surface area contributed by atoms with E-state index in [0.717, 1.165) is 23.8 Å². The van der Waals surface area contributed by atoms with Gasteiger partial charge in [0, 0.05) is 6.04 Å². The molecule has 1 fully saturated rings. The fourth-order valence-corrected chi connectivity index (χ4v) is 3.11. The Morgan fingerprint density at radius 3 is 2.13 bits per heavy atom. The molecule has 1 nitrogen and oxygen atoms in total. The zero-order valence-electron chi connectivity index (χ0n) is 11.3. The average Bonchev–Trinajstić information content (AvgIpc) is 2.38. The molecular formula is C14H29N. The van der Waals surface area contributed by atoms with Crippen LogP contribution in [-0.4, -0.2) is 24.0 Å². The largest absolute Gasteiger partial charge is 0.301 e. The van der Waals surface area contributed by atoms with Crippen molar-refractivity contribution in [3.8, 4) is 0 Å². The Labute approximate surface area is 96.2 Å². The molecule has 90 valence electrons. The van der Waals surface area contributed by atoms with E-state index in [1.165, 1.54) is 32.4 Å². The van der Waals surface area contributed by atoms with Crippen LogP contribution in [0, 0.1) is 17.8 Å². The van der Waals surface area contributed by atoms with Gasteiger partial charge in [-0.1, -0.05) is 27.2 Å². The van der Waals surface area contributed by atoms with Crippen LogP contribution in [0.4, 0.5) is 0 Å². The first kappa shape index (κ1) is 13.0. The van der Waals surface area contributed by atoms with Crippen LogP contribution in [0.25, 0.3) is 0 Å². The second-order valence-corrected chi connectivity index (χ2v) is 5.78. The monoisotopic (exact) mass is 211 g/mol. The minimum atomic E-state index is 0.730. The molecule has 0 saturated carbocycles. The molecule has 1 aliphatic rings. The van der Waals surface area contributed by atoms with Crippen LogP contribution >= 0.6 is 0 Å². The summed E-state index contributed by atoms with van der Waals surface area (Å²) in [5.41, 5.74) is 0. The van der Waals surface area contributed by atoms with Gasteiger partial charge in [0.2, 0.25) is 0 Å². The number of hydrogen-bond donors (Lipinski definition) is 0. The molecule has 1 aliphatic heterocycles. The Bertz CT molecular complexity index is 174. The Kier molecular flexibility index (Phi) is 5.11. The van der Waals surface area contributed by atoms with Crippen molar-refractivity contribution in [2.45, 2.75) is 59.9 Å². The molecule has 1 rings (SSSR count). The van der Waals surface area contributed by atoms with Crippen LogP contribution in [0.3, 0.4) is 0 Å². The van der Waals surface area contributed by atoms with Gasteiger partial charge in [0.05, 0.1) is 0 Å². The Balaban J connectivity index is 2.60. The predicted molar refractivity (Wildman–Crippen MR) is 68.1 cm³/mol. The quantitative estimate of drug-likeness (QED) is 0.686. The molecule has 0 spiro atoms. The van der Waals surface area contributed by atoms with Gasteiger partial charge in [0.15, 0.2) is 0 Å². The molecule has 0 aromatic heterocycles. The van der Waals surface area contributed by atoms with Gasteiger partial charge in [-0.2, -0.15) is 0 Å². The Morgan fingerprint density at radius 1 is 1.07 bits per heavy atom. The van der Waals surface area contributed by atoms with Crippen molar-refractivity contribution >= 4 is 0 Å².